The summed E-state index contributed by atoms with van der Waals surface area (Å²) in [6, 6.07) is 8.14. The summed E-state index contributed by atoms with van der Waals surface area (Å²) in [5, 5.41) is 6.33. The molecule has 1 aliphatic carbocycles. The van der Waals surface area contributed by atoms with Crippen molar-refractivity contribution in [2.75, 3.05) is 11.9 Å². The molecule has 0 saturated heterocycles. The Labute approximate surface area is 129 Å². The Morgan fingerprint density at radius 2 is 2.05 bits per heavy atom. The lowest BCUT2D eigenvalue weighted by molar-refractivity contribution is -0.115. The lowest BCUT2D eigenvalue weighted by atomic mass is 9.80. The number of para-hydroxylation sites is 1. The average molecular weight is 339 g/mol. The number of benzene rings is 1. The minimum absolute atomic E-state index is 0.0164. The summed E-state index contributed by atoms with van der Waals surface area (Å²) < 4.78 is 0.910. The van der Waals surface area contributed by atoms with E-state index in [1.54, 1.807) is 0 Å². The van der Waals surface area contributed by atoms with Gasteiger partial charge in [-0.1, -0.05) is 26.0 Å². The third kappa shape index (κ3) is 4.32. The maximum absolute atomic E-state index is 12.0. The van der Waals surface area contributed by atoms with E-state index in [0.29, 0.717) is 18.5 Å². The molecule has 0 radical (unpaired) electrons. The van der Waals surface area contributed by atoms with Crippen LogP contribution in [-0.4, -0.2) is 18.5 Å². The zero-order valence-corrected chi connectivity index (χ0v) is 13.7. The van der Waals surface area contributed by atoms with Crippen LogP contribution in [-0.2, 0) is 4.79 Å². The van der Waals surface area contributed by atoms with Gasteiger partial charge in [0, 0.05) is 10.5 Å². The highest BCUT2D eigenvalue weighted by atomic mass is 79.9. The second-order valence-corrected chi connectivity index (χ2v) is 6.77. The second kappa shape index (κ2) is 7.23. The van der Waals surface area contributed by atoms with E-state index in [-0.39, 0.29) is 5.91 Å². The largest absolute Gasteiger partial charge is 0.324 e. The third-order valence-corrected chi connectivity index (χ3v) is 4.80. The van der Waals surface area contributed by atoms with Gasteiger partial charge >= 0.3 is 0 Å². The van der Waals surface area contributed by atoms with Crippen molar-refractivity contribution >= 4 is 27.5 Å². The number of hydrogen-bond donors (Lipinski definition) is 2. The van der Waals surface area contributed by atoms with Gasteiger partial charge in [0.1, 0.15) is 0 Å². The van der Waals surface area contributed by atoms with Crippen LogP contribution in [0.4, 0.5) is 5.69 Å². The Morgan fingerprint density at radius 3 is 2.75 bits per heavy atom. The Morgan fingerprint density at radius 1 is 1.30 bits per heavy atom. The summed E-state index contributed by atoms with van der Waals surface area (Å²) in [6.07, 6.45) is 3.68. The topological polar surface area (TPSA) is 41.1 Å². The number of rotatable bonds is 4. The smallest absolute Gasteiger partial charge is 0.238 e. The second-order valence-electron chi connectivity index (χ2n) is 5.91. The van der Waals surface area contributed by atoms with Crippen molar-refractivity contribution < 1.29 is 4.79 Å². The number of halogens is 1. The predicted octanol–water partition coefficient (Wildman–Crippen LogP) is 3.80. The van der Waals surface area contributed by atoms with Gasteiger partial charge in [0.05, 0.1) is 12.2 Å². The van der Waals surface area contributed by atoms with Crippen LogP contribution in [0.15, 0.2) is 28.7 Å². The molecule has 0 aliphatic heterocycles. The van der Waals surface area contributed by atoms with E-state index in [9.17, 15) is 4.79 Å². The SMILES string of the molecule is CC1CCC(NCC(=O)Nc2ccccc2Br)C(C)C1. The number of carbonyl (C=O) groups is 1. The van der Waals surface area contributed by atoms with Crippen molar-refractivity contribution in [2.45, 2.75) is 39.2 Å². The van der Waals surface area contributed by atoms with E-state index in [2.05, 4.69) is 40.4 Å². The summed E-state index contributed by atoms with van der Waals surface area (Å²) in [6.45, 7) is 4.97. The molecule has 1 amide bonds. The first-order valence-corrected chi connectivity index (χ1v) is 8.13. The van der Waals surface area contributed by atoms with Gasteiger partial charge in [0.15, 0.2) is 0 Å². The Balaban J connectivity index is 1.79. The van der Waals surface area contributed by atoms with Gasteiger partial charge in [-0.25, -0.2) is 0 Å². The van der Waals surface area contributed by atoms with Gasteiger partial charge in [0.2, 0.25) is 5.91 Å². The zero-order chi connectivity index (χ0) is 14.5. The fourth-order valence-corrected chi connectivity index (χ4v) is 3.33. The van der Waals surface area contributed by atoms with Gasteiger partial charge in [-0.05, 0) is 59.2 Å². The van der Waals surface area contributed by atoms with Crippen molar-refractivity contribution in [2.24, 2.45) is 11.8 Å². The molecule has 0 aromatic heterocycles. The highest BCUT2D eigenvalue weighted by Gasteiger charge is 2.25. The highest BCUT2D eigenvalue weighted by Crippen LogP contribution is 2.28. The van der Waals surface area contributed by atoms with Crippen molar-refractivity contribution in [3.8, 4) is 0 Å². The maximum atomic E-state index is 12.0. The molecule has 4 heteroatoms. The van der Waals surface area contributed by atoms with E-state index in [0.717, 1.165) is 16.1 Å². The molecule has 2 rings (SSSR count). The standard InChI is InChI=1S/C16H23BrN2O/c1-11-7-8-14(12(2)9-11)18-10-16(20)19-15-6-4-3-5-13(15)17/h3-6,11-12,14,18H,7-10H2,1-2H3,(H,19,20). The number of carbonyl (C=O) groups excluding carboxylic acids is 1. The van der Waals surface area contributed by atoms with Crippen LogP contribution >= 0.6 is 15.9 Å². The number of hydrogen-bond acceptors (Lipinski definition) is 2. The summed E-state index contributed by atoms with van der Waals surface area (Å²) in [4.78, 5) is 12.0. The van der Waals surface area contributed by atoms with E-state index in [4.69, 9.17) is 0 Å². The molecule has 0 bridgehead atoms. The van der Waals surface area contributed by atoms with Gasteiger partial charge in [-0.15, -0.1) is 0 Å². The maximum Gasteiger partial charge on any atom is 0.238 e. The molecule has 3 unspecified atom stereocenters. The van der Waals surface area contributed by atoms with Gasteiger partial charge in [-0.2, -0.15) is 0 Å². The van der Waals surface area contributed by atoms with Crippen molar-refractivity contribution in [3.05, 3.63) is 28.7 Å². The molecule has 0 heterocycles. The Hall–Kier alpha value is -0.870. The van der Waals surface area contributed by atoms with E-state index >= 15 is 0 Å². The normalized spacial score (nSPS) is 26.2. The molecule has 110 valence electrons. The fourth-order valence-electron chi connectivity index (χ4n) is 2.95. The monoisotopic (exact) mass is 338 g/mol. The summed E-state index contributed by atoms with van der Waals surface area (Å²) in [5.41, 5.74) is 0.824. The van der Waals surface area contributed by atoms with Crippen LogP contribution in [0.5, 0.6) is 0 Å². The van der Waals surface area contributed by atoms with Crippen LogP contribution in [0.3, 0.4) is 0 Å². The first-order valence-electron chi connectivity index (χ1n) is 7.34. The summed E-state index contributed by atoms with van der Waals surface area (Å²) >= 11 is 3.43. The lowest BCUT2D eigenvalue weighted by Crippen LogP contribution is -2.42. The van der Waals surface area contributed by atoms with Crippen LogP contribution in [0.1, 0.15) is 33.1 Å². The first kappa shape index (κ1) is 15.5. The minimum Gasteiger partial charge on any atom is -0.324 e. The predicted molar refractivity (Wildman–Crippen MR) is 86.7 cm³/mol. The minimum atomic E-state index is 0.0164. The zero-order valence-electron chi connectivity index (χ0n) is 12.2. The van der Waals surface area contributed by atoms with E-state index in [1.165, 1.54) is 19.3 Å². The number of anilines is 1. The lowest BCUT2D eigenvalue weighted by Gasteiger charge is -2.33. The van der Waals surface area contributed by atoms with Crippen LogP contribution in [0.2, 0.25) is 0 Å². The fraction of sp³-hybridized carbons (Fsp3) is 0.562. The first-order chi connectivity index (χ1) is 9.56. The van der Waals surface area contributed by atoms with Crippen LogP contribution in [0, 0.1) is 11.8 Å². The van der Waals surface area contributed by atoms with E-state index in [1.807, 2.05) is 24.3 Å². The molecule has 1 aromatic rings. The molecule has 0 spiro atoms. The molecule has 2 N–H and O–H groups in total. The Bertz CT molecular complexity index is 464. The van der Waals surface area contributed by atoms with Gasteiger partial charge in [-0.3, -0.25) is 4.79 Å². The van der Waals surface area contributed by atoms with Crippen LogP contribution < -0.4 is 10.6 Å². The van der Waals surface area contributed by atoms with Gasteiger partial charge < -0.3 is 10.6 Å². The molecule has 20 heavy (non-hydrogen) atoms. The average Bonchev–Trinajstić information content (AvgIpc) is 2.40. The van der Waals surface area contributed by atoms with Crippen molar-refractivity contribution in [1.82, 2.24) is 5.32 Å². The van der Waals surface area contributed by atoms with Crippen LogP contribution in [0.25, 0.3) is 0 Å². The van der Waals surface area contributed by atoms with Crippen molar-refractivity contribution in [3.63, 3.8) is 0 Å². The molecule has 3 nitrogen and oxygen atoms in total. The molecule has 1 aliphatic rings. The number of nitrogens with one attached hydrogen (secondary N) is 2. The summed E-state index contributed by atoms with van der Waals surface area (Å²) in [5.74, 6) is 1.48. The third-order valence-electron chi connectivity index (χ3n) is 4.10. The molecule has 1 fully saturated rings. The molecular weight excluding hydrogens is 316 g/mol. The van der Waals surface area contributed by atoms with Gasteiger partial charge in [0.25, 0.3) is 0 Å². The highest BCUT2D eigenvalue weighted by molar-refractivity contribution is 9.10. The summed E-state index contributed by atoms with van der Waals surface area (Å²) in [7, 11) is 0. The molecule has 3 atom stereocenters. The molecular formula is C16H23BrN2O. The molecule has 1 saturated carbocycles. The quantitative estimate of drug-likeness (QED) is 0.876. The molecule has 1 aromatic carbocycles. The van der Waals surface area contributed by atoms with E-state index < -0.39 is 0 Å². The number of amides is 1. The van der Waals surface area contributed by atoms with Crippen molar-refractivity contribution in [1.29, 1.82) is 0 Å². The Kier molecular flexibility index (Phi) is 5.61.